The number of phenolic OH excluding ortho intramolecular Hbond substituents is 1. The summed E-state index contributed by atoms with van der Waals surface area (Å²) in [6, 6.07) is 11.5. The predicted molar refractivity (Wildman–Crippen MR) is 113 cm³/mol. The molecule has 1 aromatic carbocycles. The second-order valence-electron chi connectivity index (χ2n) is 8.24. The number of para-hydroxylation sites is 1. The van der Waals surface area contributed by atoms with Gasteiger partial charge in [0.25, 0.3) is 5.56 Å². The zero-order chi connectivity index (χ0) is 19.3. The van der Waals surface area contributed by atoms with E-state index in [0.29, 0.717) is 6.04 Å². The number of hydrogen-bond acceptors (Lipinski definition) is 3. The van der Waals surface area contributed by atoms with Crippen LogP contribution in [0.1, 0.15) is 81.4 Å². The average Bonchev–Trinajstić information content (AvgIpc) is 2.74. The van der Waals surface area contributed by atoms with Crippen LogP contribution in [0.25, 0.3) is 0 Å². The molecular weight excluding hydrogens is 348 g/mol. The maximum atomic E-state index is 12.6. The summed E-state index contributed by atoms with van der Waals surface area (Å²) in [6.07, 6.45) is 13.6. The van der Waals surface area contributed by atoms with Gasteiger partial charge in [-0.15, -0.1) is 0 Å². The minimum absolute atomic E-state index is 0.0601. The summed E-state index contributed by atoms with van der Waals surface area (Å²) in [7, 11) is 0. The number of hydrogen-bond donors (Lipinski definition) is 1. The molecule has 0 radical (unpaired) electrons. The van der Waals surface area contributed by atoms with Crippen molar-refractivity contribution in [3.05, 3.63) is 64.1 Å². The molecule has 1 N–H and O–H groups in total. The summed E-state index contributed by atoms with van der Waals surface area (Å²) in [4.78, 5) is 17.7. The molecular formula is C24H30N2O2. The molecule has 2 aliphatic rings. The molecule has 2 saturated carbocycles. The fourth-order valence-corrected chi connectivity index (χ4v) is 4.65. The molecule has 28 heavy (non-hydrogen) atoms. The van der Waals surface area contributed by atoms with Crippen LogP contribution in [-0.4, -0.2) is 21.4 Å². The number of nitrogens with zero attached hydrogens (tertiary/aromatic N) is 2. The van der Waals surface area contributed by atoms with Gasteiger partial charge in [0.15, 0.2) is 0 Å². The van der Waals surface area contributed by atoms with E-state index in [0.717, 1.165) is 42.5 Å². The zero-order valence-corrected chi connectivity index (χ0v) is 16.5. The van der Waals surface area contributed by atoms with Gasteiger partial charge >= 0.3 is 0 Å². The Hall–Kier alpha value is -2.36. The van der Waals surface area contributed by atoms with Crippen LogP contribution in [0.4, 0.5) is 0 Å². The lowest BCUT2D eigenvalue weighted by Gasteiger charge is -2.25. The molecule has 0 unspecified atom stereocenters. The highest BCUT2D eigenvalue weighted by molar-refractivity contribution is 6.14. The van der Waals surface area contributed by atoms with Crippen LogP contribution in [-0.2, 0) is 0 Å². The Balaban J connectivity index is 1.77. The summed E-state index contributed by atoms with van der Waals surface area (Å²) < 4.78 is 1.91. The second kappa shape index (κ2) is 8.76. The highest BCUT2D eigenvalue weighted by atomic mass is 16.3. The van der Waals surface area contributed by atoms with Gasteiger partial charge in [0, 0.05) is 29.4 Å². The number of aromatic hydroxyl groups is 1. The lowest BCUT2D eigenvalue weighted by atomic mass is 9.94. The smallest absolute Gasteiger partial charge is 0.250 e. The van der Waals surface area contributed by atoms with Crippen LogP contribution in [0.15, 0.2) is 52.4 Å². The molecule has 2 aromatic rings. The minimum atomic E-state index is 0.0601. The van der Waals surface area contributed by atoms with Gasteiger partial charge in [0.2, 0.25) is 0 Å². The maximum Gasteiger partial charge on any atom is 0.250 e. The van der Waals surface area contributed by atoms with E-state index in [9.17, 15) is 9.90 Å². The Morgan fingerprint density at radius 2 is 1.57 bits per heavy atom. The summed E-state index contributed by atoms with van der Waals surface area (Å²) in [6.45, 7) is 0. The predicted octanol–water partition coefficient (Wildman–Crippen LogP) is 5.23. The Bertz CT molecular complexity index is 887. The van der Waals surface area contributed by atoms with Crippen LogP contribution >= 0.6 is 0 Å². The number of aliphatic imine (C=N–C) groups is 1. The fraction of sp³-hybridized carbons (Fsp3) is 0.500. The molecule has 0 amide bonds. The molecule has 0 aliphatic heterocycles. The van der Waals surface area contributed by atoms with E-state index in [1.807, 2.05) is 35.0 Å². The highest BCUT2D eigenvalue weighted by Crippen LogP contribution is 2.29. The molecule has 1 aromatic heterocycles. The average molecular weight is 379 g/mol. The molecule has 4 nitrogen and oxygen atoms in total. The number of benzene rings is 1. The van der Waals surface area contributed by atoms with Crippen molar-refractivity contribution < 1.29 is 5.11 Å². The summed E-state index contributed by atoms with van der Waals surface area (Å²) in [5, 5.41) is 10.5. The lowest BCUT2D eigenvalue weighted by Crippen LogP contribution is -2.26. The molecule has 4 rings (SSSR count). The van der Waals surface area contributed by atoms with Crippen molar-refractivity contribution in [3.63, 3.8) is 0 Å². The Labute approximate surface area is 167 Å². The third kappa shape index (κ3) is 4.21. The van der Waals surface area contributed by atoms with Crippen molar-refractivity contribution in [2.24, 2.45) is 4.99 Å². The van der Waals surface area contributed by atoms with Crippen LogP contribution in [0.5, 0.6) is 5.75 Å². The van der Waals surface area contributed by atoms with Crippen LogP contribution in [0, 0.1) is 0 Å². The van der Waals surface area contributed by atoms with Gasteiger partial charge in [-0.25, -0.2) is 0 Å². The first kappa shape index (κ1) is 19.0. The maximum absolute atomic E-state index is 12.6. The number of rotatable bonds is 4. The number of aromatic nitrogens is 1. The highest BCUT2D eigenvalue weighted by Gasteiger charge is 2.20. The molecule has 0 bridgehead atoms. The quantitative estimate of drug-likeness (QED) is 0.741. The molecule has 2 fully saturated rings. The Morgan fingerprint density at radius 1 is 0.893 bits per heavy atom. The third-order valence-corrected chi connectivity index (χ3v) is 6.23. The van der Waals surface area contributed by atoms with Crippen molar-refractivity contribution in [2.75, 3.05) is 0 Å². The van der Waals surface area contributed by atoms with Gasteiger partial charge in [-0.1, -0.05) is 50.7 Å². The van der Waals surface area contributed by atoms with Gasteiger partial charge in [-0.2, -0.15) is 0 Å². The van der Waals surface area contributed by atoms with E-state index < -0.39 is 0 Å². The van der Waals surface area contributed by atoms with E-state index in [2.05, 4.69) is 0 Å². The summed E-state index contributed by atoms with van der Waals surface area (Å²) >= 11 is 0. The van der Waals surface area contributed by atoms with Gasteiger partial charge in [0.05, 0.1) is 11.8 Å². The van der Waals surface area contributed by atoms with Crippen LogP contribution < -0.4 is 5.56 Å². The SMILES string of the molecule is O=c1ccc(C(=NC2CCCCC2)c2ccccc2O)cn1C1CCCCC1. The van der Waals surface area contributed by atoms with E-state index in [-0.39, 0.29) is 17.4 Å². The molecule has 0 saturated heterocycles. The Kier molecular flexibility index (Phi) is 5.94. The topological polar surface area (TPSA) is 54.6 Å². The first-order chi connectivity index (χ1) is 13.7. The van der Waals surface area contributed by atoms with Gasteiger partial charge in [-0.3, -0.25) is 9.79 Å². The fourth-order valence-electron chi connectivity index (χ4n) is 4.65. The molecule has 4 heteroatoms. The third-order valence-electron chi connectivity index (χ3n) is 6.23. The van der Waals surface area contributed by atoms with Gasteiger partial charge in [0.1, 0.15) is 5.75 Å². The van der Waals surface area contributed by atoms with E-state index in [4.69, 9.17) is 4.99 Å². The minimum Gasteiger partial charge on any atom is -0.507 e. The van der Waals surface area contributed by atoms with E-state index >= 15 is 0 Å². The summed E-state index contributed by atoms with van der Waals surface area (Å²) in [5.74, 6) is 0.243. The van der Waals surface area contributed by atoms with Crippen molar-refractivity contribution in [1.29, 1.82) is 0 Å². The van der Waals surface area contributed by atoms with Crippen molar-refractivity contribution >= 4 is 5.71 Å². The van der Waals surface area contributed by atoms with Crippen molar-refractivity contribution in [3.8, 4) is 5.75 Å². The first-order valence-corrected chi connectivity index (χ1v) is 10.8. The monoisotopic (exact) mass is 378 g/mol. The van der Waals surface area contributed by atoms with Crippen LogP contribution in [0.2, 0.25) is 0 Å². The molecule has 148 valence electrons. The Morgan fingerprint density at radius 3 is 2.29 bits per heavy atom. The van der Waals surface area contributed by atoms with Crippen LogP contribution in [0.3, 0.4) is 0 Å². The number of phenols is 1. The van der Waals surface area contributed by atoms with Gasteiger partial charge in [-0.05, 0) is 43.9 Å². The molecule has 1 heterocycles. The summed E-state index contributed by atoms with van der Waals surface area (Å²) in [5.41, 5.74) is 2.55. The largest absolute Gasteiger partial charge is 0.507 e. The second-order valence-corrected chi connectivity index (χ2v) is 8.24. The van der Waals surface area contributed by atoms with Gasteiger partial charge < -0.3 is 9.67 Å². The lowest BCUT2D eigenvalue weighted by molar-refractivity contribution is 0.346. The molecule has 0 atom stereocenters. The normalized spacial score (nSPS) is 19.6. The van der Waals surface area contributed by atoms with E-state index in [1.165, 1.54) is 38.5 Å². The molecule has 0 spiro atoms. The first-order valence-electron chi connectivity index (χ1n) is 10.8. The standard InChI is InChI=1S/C24H30N2O2/c27-22-14-8-7-13-21(22)24(25-19-9-3-1-4-10-19)18-15-16-23(28)26(17-18)20-11-5-2-6-12-20/h7-8,13-17,19-20,27H,1-6,9-12H2. The van der Waals surface area contributed by atoms with Crippen molar-refractivity contribution in [1.82, 2.24) is 4.57 Å². The number of pyridine rings is 1. The zero-order valence-electron chi connectivity index (χ0n) is 16.5. The van der Waals surface area contributed by atoms with E-state index in [1.54, 1.807) is 12.1 Å². The molecule has 2 aliphatic carbocycles. The van der Waals surface area contributed by atoms with Crippen molar-refractivity contribution in [2.45, 2.75) is 76.3 Å².